The molecule has 0 aromatic carbocycles. The summed E-state index contributed by atoms with van der Waals surface area (Å²) in [5, 5.41) is 0. The normalized spacial score (nSPS) is 45.3. The van der Waals surface area contributed by atoms with E-state index < -0.39 is 0 Å². The summed E-state index contributed by atoms with van der Waals surface area (Å²) < 4.78 is 0. The molecule has 0 aromatic rings. The maximum atomic E-state index is 2.73. The van der Waals surface area contributed by atoms with Crippen molar-refractivity contribution in [1.82, 2.24) is 4.90 Å². The molecule has 3 aliphatic rings. The van der Waals surface area contributed by atoms with Crippen molar-refractivity contribution in [2.45, 2.75) is 65.2 Å². The van der Waals surface area contributed by atoms with Crippen LogP contribution in [-0.2, 0) is 0 Å². The molecule has 1 saturated heterocycles. The Labute approximate surface area is 113 Å². The summed E-state index contributed by atoms with van der Waals surface area (Å²) in [6, 6.07) is 0. The predicted molar refractivity (Wildman–Crippen MR) is 77.6 cm³/mol. The van der Waals surface area contributed by atoms with Crippen molar-refractivity contribution in [1.29, 1.82) is 0 Å². The van der Waals surface area contributed by atoms with Gasteiger partial charge in [-0.05, 0) is 74.8 Å². The van der Waals surface area contributed by atoms with E-state index in [-0.39, 0.29) is 0 Å². The van der Waals surface area contributed by atoms with Gasteiger partial charge >= 0.3 is 0 Å². The van der Waals surface area contributed by atoms with Gasteiger partial charge in [0.2, 0.25) is 0 Å². The second-order valence-corrected chi connectivity index (χ2v) is 7.71. The predicted octanol–water partition coefficient (Wildman–Crippen LogP) is 4.32. The number of hydrogen-bond acceptors (Lipinski definition) is 1. The molecule has 3 rings (SSSR count). The van der Waals surface area contributed by atoms with Crippen molar-refractivity contribution in [2.24, 2.45) is 23.2 Å². The van der Waals surface area contributed by atoms with Crippen LogP contribution in [0.15, 0.2) is 0 Å². The van der Waals surface area contributed by atoms with Gasteiger partial charge in [-0.2, -0.15) is 0 Å². The fourth-order valence-corrected chi connectivity index (χ4v) is 5.22. The standard InChI is InChI=1S/C17H31N/c1-14-8-11-18(13-14)12-9-16-7-6-15-5-3-4-10-17(15,16)2/h14-16H,3-13H2,1-2H3/t14?,15?,16-,17?/m1/s1. The fraction of sp³-hybridized carbons (Fsp3) is 1.00. The molecule has 1 nitrogen and oxygen atoms in total. The molecule has 0 radical (unpaired) electrons. The molecule has 0 bridgehead atoms. The van der Waals surface area contributed by atoms with E-state index in [2.05, 4.69) is 18.7 Å². The van der Waals surface area contributed by atoms with Crippen LogP contribution < -0.4 is 0 Å². The van der Waals surface area contributed by atoms with Crippen LogP contribution in [0, 0.1) is 23.2 Å². The first-order valence-corrected chi connectivity index (χ1v) is 8.41. The highest BCUT2D eigenvalue weighted by Crippen LogP contribution is 2.56. The zero-order valence-electron chi connectivity index (χ0n) is 12.5. The van der Waals surface area contributed by atoms with Crippen molar-refractivity contribution >= 4 is 0 Å². The van der Waals surface area contributed by atoms with E-state index in [1.807, 2.05) is 0 Å². The zero-order valence-corrected chi connectivity index (χ0v) is 12.5. The van der Waals surface area contributed by atoms with Crippen LogP contribution in [0.4, 0.5) is 0 Å². The van der Waals surface area contributed by atoms with Crippen LogP contribution in [0.25, 0.3) is 0 Å². The highest BCUT2D eigenvalue weighted by molar-refractivity contribution is 4.97. The molecular formula is C17H31N. The molecule has 0 amide bonds. The average molecular weight is 249 g/mol. The van der Waals surface area contributed by atoms with Crippen molar-refractivity contribution in [3.05, 3.63) is 0 Å². The molecule has 2 aliphatic carbocycles. The number of likely N-dealkylation sites (tertiary alicyclic amines) is 1. The molecule has 0 N–H and O–H groups in total. The molecule has 3 unspecified atom stereocenters. The summed E-state index contributed by atoms with van der Waals surface area (Å²) in [7, 11) is 0. The molecule has 4 atom stereocenters. The van der Waals surface area contributed by atoms with Crippen LogP contribution in [0.2, 0.25) is 0 Å². The van der Waals surface area contributed by atoms with E-state index in [1.165, 1.54) is 71.0 Å². The Kier molecular flexibility index (Phi) is 3.71. The molecule has 2 saturated carbocycles. The van der Waals surface area contributed by atoms with Crippen molar-refractivity contribution in [3.63, 3.8) is 0 Å². The molecule has 0 aromatic heterocycles. The minimum atomic E-state index is 0.726. The Balaban J connectivity index is 1.53. The van der Waals surface area contributed by atoms with Crippen LogP contribution in [0.1, 0.15) is 65.2 Å². The van der Waals surface area contributed by atoms with Crippen molar-refractivity contribution in [2.75, 3.05) is 19.6 Å². The lowest BCUT2D eigenvalue weighted by Gasteiger charge is -2.41. The van der Waals surface area contributed by atoms with Gasteiger partial charge in [0.15, 0.2) is 0 Å². The summed E-state index contributed by atoms with van der Waals surface area (Å²) in [4.78, 5) is 2.73. The SMILES string of the molecule is CC1CCN(CC[C@H]2CCC3CCCCC32C)C1. The minimum absolute atomic E-state index is 0.726. The fourth-order valence-electron chi connectivity index (χ4n) is 5.22. The number of hydrogen-bond donors (Lipinski definition) is 0. The lowest BCUT2D eigenvalue weighted by molar-refractivity contribution is 0.0884. The van der Waals surface area contributed by atoms with Gasteiger partial charge in [-0.3, -0.25) is 0 Å². The first-order chi connectivity index (χ1) is 8.68. The second-order valence-electron chi connectivity index (χ2n) is 7.71. The quantitative estimate of drug-likeness (QED) is 0.720. The Morgan fingerprint density at radius 2 is 2.00 bits per heavy atom. The first-order valence-electron chi connectivity index (χ1n) is 8.41. The Bertz CT molecular complexity index is 287. The highest BCUT2D eigenvalue weighted by atomic mass is 15.1. The number of rotatable bonds is 3. The van der Waals surface area contributed by atoms with Gasteiger partial charge in [0.1, 0.15) is 0 Å². The smallest absolute Gasteiger partial charge is 0.000750 e. The van der Waals surface area contributed by atoms with Gasteiger partial charge in [-0.1, -0.05) is 26.7 Å². The molecule has 1 aliphatic heterocycles. The molecule has 1 heteroatoms. The van der Waals surface area contributed by atoms with Crippen molar-refractivity contribution < 1.29 is 0 Å². The summed E-state index contributed by atoms with van der Waals surface area (Å²) in [5.41, 5.74) is 0.726. The lowest BCUT2D eigenvalue weighted by Crippen LogP contribution is -2.34. The van der Waals surface area contributed by atoms with Gasteiger partial charge < -0.3 is 4.90 Å². The second kappa shape index (κ2) is 5.15. The molecule has 18 heavy (non-hydrogen) atoms. The van der Waals surface area contributed by atoms with Crippen molar-refractivity contribution in [3.8, 4) is 0 Å². The van der Waals surface area contributed by atoms with E-state index in [4.69, 9.17) is 0 Å². The van der Waals surface area contributed by atoms with E-state index in [0.29, 0.717) is 0 Å². The third-order valence-electron chi connectivity index (χ3n) is 6.55. The van der Waals surface area contributed by atoms with E-state index in [1.54, 1.807) is 0 Å². The molecule has 1 heterocycles. The molecule has 3 fully saturated rings. The summed E-state index contributed by atoms with van der Waals surface area (Å²) in [6.45, 7) is 9.16. The largest absolute Gasteiger partial charge is 0.303 e. The first kappa shape index (κ1) is 13.0. The van der Waals surface area contributed by atoms with Gasteiger partial charge in [0, 0.05) is 6.54 Å². The topological polar surface area (TPSA) is 3.24 Å². The maximum Gasteiger partial charge on any atom is 0.000750 e. The van der Waals surface area contributed by atoms with Crippen LogP contribution in [-0.4, -0.2) is 24.5 Å². The Morgan fingerprint density at radius 3 is 2.78 bits per heavy atom. The Morgan fingerprint density at radius 1 is 1.11 bits per heavy atom. The van der Waals surface area contributed by atoms with Crippen LogP contribution in [0.3, 0.4) is 0 Å². The molecule has 104 valence electrons. The lowest BCUT2D eigenvalue weighted by atomic mass is 9.65. The zero-order chi connectivity index (χ0) is 12.6. The minimum Gasteiger partial charge on any atom is -0.303 e. The van der Waals surface area contributed by atoms with Gasteiger partial charge in [0.05, 0.1) is 0 Å². The van der Waals surface area contributed by atoms with E-state index in [9.17, 15) is 0 Å². The summed E-state index contributed by atoms with van der Waals surface area (Å²) >= 11 is 0. The third kappa shape index (κ3) is 2.35. The average Bonchev–Trinajstić information content (AvgIpc) is 2.90. The monoisotopic (exact) mass is 249 g/mol. The van der Waals surface area contributed by atoms with E-state index in [0.717, 1.165) is 23.2 Å². The number of fused-ring (bicyclic) bond motifs is 1. The van der Waals surface area contributed by atoms with Gasteiger partial charge in [-0.15, -0.1) is 0 Å². The van der Waals surface area contributed by atoms with E-state index >= 15 is 0 Å². The van der Waals surface area contributed by atoms with Gasteiger partial charge in [0.25, 0.3) is 0 Å². The molecular weight excluding hydrogens is 218 g/mol. The van der Waals surface area contributed by atoms with Crippen LogP contribution >= 0.6 is 0 Å². The van der Waals surface area contributed by atoms with Gasteiger partial charge in [-0.25, -0.2) is 0 Å². The highest BCUT2D eigenvalue weighted by Gasteiger charge is 2.46. The summed E-state index contributed by atoms with van der Waals surface area (Å²) in [6.07, 6.45) is 12.1. The Hall–Kier alpha value is -0.0400. The van der Waals surface area contributed by atoms with Crippen LogP contribution in [0.5, 0.6) is 0 Å². The maximum absolute atomic E-state index is 2.73. The third-order valence-corrected chi connectivity index (χ3v) is 6.55. The number of nitrogens with zero attached hydrogens (tertiary/aromatic N) is 1. The summed E-state index contributed by atoms with van der Waals surface area (Å²) in [5.74, 6) is 3.07. The molecule has 0 spiro atoms.